The molecule has 0 aromatic heterocycles. The van der Waals surface area contributed by atoms with Crippen molar-refractivity contribution >= 4 is 23.7 Å². The minimum Gasteiger partial charge on any atom is -0.434 e. The Kier molecular flexibility index (Phi) is 15.8. The van der Waals surface area contributed by atoms with E-state index < -0.39 is 24.5 Å². The average Bonchev–Trinajstić information content (AvgIpc) is 3.20. The lowest BCUT2D eigenvalue weighted by Gasteiger charge is -2.22. The Balaban J connectivity index is 1.96. The molecule has 1 aliphatic rings. The molecule has 1 saturated carbocycles. The summed E-state index contributed by atoms with van der Waals surface area (Å²) in [5.74, 6) is 0.138. The summed E-state index contributed by atoms with van der Waals surface area (Å²) in [6, 6.07) is 9.99. The molecule has 1 fully saturated rings. The summed E-state index contributed by atoms with van der Waals surface area (Å²) < 4.78 is 10.8. The number of unbranched alkanes of at least 4 members (excludes halogenated alkanes) is 2. The van der Waals surface area contributed by atoms with E-state index >= 15 is 0 Å². The van der Waals surface area contributed by atoms with Crippen LogP contribution in [0.25, 0.3) is 0 Å². The minimum absolute atomic E-state index is 0.0534. The largest absolute Gasteiger partial charge is 0.508 e. The van der Waals surface area contributed by atoms with Gasteiger partial charge in [0.05, 0.1) is 18.8 Å². The smallest absolute Gasteiger partial charge is 0.434 e. The second kappa shape index (κ2) is 18.8. The number of aliphatic hydroxyl groups is 2. The molecule has 0 bridgehead atoms. The van der Waals surface area contributed by atoms with Crippen molar-refractivity contribution in [1.82, 2.24) is 5.32 Å². The van der Waals surface area contributed by atoms with Gasteiger partial charge in [0.2, 0.25) is 5.91 Å². The lowest BCUT2D eigenvalue weighted by atomic mass is 9.89. The topological polar surface area (TPSA) is 105 Å². The fourth-order valence-electron chi connectivity index (χ4n) is 4.67. The van der Waals surface area contributed by atoms with Crippen LogP contribution in [0.2, 0.25) is 0 Å². The van der Waals surface area contributed by atoms with Gasteiger partial charge in [0.25, 0.3) is 0 Å². The van der Waals surface area contributed by atoms with E-state index in [4.69, 9.17) is 21.1 Å². The van der Waals surface area contributed by atoms with Gasteiger partial charge in [-0.25, -0.2) is 4.79 Å². The quantitative estimate of drug-likeness (QED) is 0.105. The molecule has 1 aromatic carbocycles. The van der Waals surface area contributed by atoms with Crippen molar-refractivity contribution < 1.29 is 29.3 Å². The van der Waals surface area contributed by atoms with E-state index in [1.807, 2.05) is 55.5 Å². The first-order valence-corrected chi connectivity index (χ1v) is 14.4. The maximum absolute atomic E-state index is 12.3. The second-order valence-electron chi connectivity index (χ2n) is 9.72. The second-order valence-corrected chi connectivity index (χ2v) is 10.1. The Morgan fingerprint density at radius 3 is 2.71 bits per heavy atom. The van der Waals surface area contributed by atoms with E-state index in [9.17, 15) is 19.8 Å². The molecule has 1 aromatic rings. The highest BCUT2D eigenvalue weighted by atomic mass is 35.5. The van der Waals surface area contributed by atoms with Crippen molar-refractivity contribution in [2.75, 3.05) is 19.0 Å². The Morgan fingerprint density at radius 1 is 1.18 bits per heavy atom. The third-order valence-electron chi connectivity index (χ3n) is 6.74. The number of hydrogen-bond acceptors (Lipinski definition) is 6. The standard InChI is InChI=1S/C30H44ClNO6/c1-2-32-29(35)15-9-4-3-8-14-25-26(19-18-24(33)17-16-23-12-6-5-7-13-23)28(22-27(25)34)38-30(36)37-21-11-10-20-31/h3,5-8,12-13,18-19,24-28,33-34H,2,4,9-11,14-17,20-22H2,1H3,(H,32,35)/t24-,25+,26+,27-,28+/m0/s1. The number of ether oxygens (including phenoxy) is 2. The molecule has 7 nitrogen and oxygen atoms in total. The number of alkyl halides is 1. The van der Waals surface area contributed by atoms with E-state index in [0.29, 0.717) is 44.5 Å². The summed E-state index contributed by atoms with van der Waals surface area (Å²) in [6.07, 6.45) is 10.7. The number of hydrogen-bond donors (Lipinski definition) is 3. The highest BCUT2D eigenvalue weighted by Crippen LogP contribution is 2.38. The van der Waals surface area contributed by atoms with Gasteiger partial charge in [0, 0.05) is 31.2 Å². The van der Waals surface area contributed by atoms with Gasteiger partial charge in [0.1, 0.15) is 6.10 Å². The van der Waals surface area contributed by atoms with Gasteiger partial charge in [-0.05, 0) is 63.4 Å². The number of aryl methyl sites for hydroxylation is 1. The Labute approximate surface area is 232 Å². The van der Waals surface area contributed by atoms with Crippen LogP contribution in [0.3, 0.4) is 0 Å². The predicted octanol–water partition coefficient (Wildman–Crippen LogP) is 5.33. The van der Waals surface area contributed by atoms with Crippen LogP contribution >= 0.6 is 11.6 Å². The van der Waals surface area contributed by atoms with E-state index in [0.717, 1.165) is 31.2 Å². The van der Waals surface area contributed by atoms with Gasteiger partial charge >= 0.3 is 6.16 Å². The van der Waals surface area contributed by atoms with Crippen LogP contribution in [0.4, 0.5) is 4.79 Å². The molecule has 0 aliphatic heterocycles. The lowest BCUT2D eigenvalue weighted by molar-refractivity contribution is -0.121. The van der Waals surface area contributed by atoms with Crippen LogP contribution in [0, 0.1) is 11.8 Å². The van der Waals surface area contributed by atoms with Crippen LogP contribution in [-0.2, 0) is 20.7 Å². The van der Waals surface area contributed by atoms with E-state index in [1.54, 1.807) is 6.08 Å². The Hall–Kier alpha value is -2.35. The summed E-state index contributed by atoms with van der Waals surface area (Å²) in [5, 5.41) is 24.2. The number of amides is 1. The minimum atomic E-state index is -0.749. The highest BCUT2D eigenvalue weighted by molar-refractivity contribution is 6.17. The summed E-state index contributed by atoms with van der Waals surface area (Å²) >= 11 is 5.67. The zero-order valence-corrected chi connectivity index (χ0v) is 23.2. The van der Waals surface area contributed by atoms with Crippen molar-refractivity contribution in [2.24, 2.45) is 11.8 Å². The molecule has 5 atom stereocenters. The molecule has 0 unspecified atom stereocenters. The molecule has 1 amide bonds. The van der Waals surface area contributed by atoms with Gasteiger partial charge in [-0.15, -0.1) is 11.6 Å². The number of benzene rings is 1. The van der Waals surface area contributed by atoms with Gasteiger partial charge in [-0.1, -0.05) is 54.6 Å². The number of allylic oxidation sites excluding steroid dienone is 2. The zero-order valence-electron chi connectivity index (χ0n) is 22.5. The Bertz CT molecular complexity index is 862. The van der Waals surface area contributed by atoms with Crippen LogP contribution in [0.15, 0.2) is 54.6 Å². The SMILES string of the molecule is CCNC(=O)CCCC=CC[C@@H]1[C@@H](C=C[C@@H](O)CCc2ccccc2)[C@H](OC(=O)OCCCCCl)C[C@@H]1O. The number of halogens is 1. The monoisotopic (exact) mass is 549 g/mol. The fraction of sp³-hybridized carbons (Fsp3) is 0.600. The number of carbonyl (C=O) groups is 2. The first kappa shape index (κ1) is 31.9. The lowest BCUT2D eigenvalue weighted by Crippen LogP contribution is -2.25. The predicted molar refractivity (Wildman–Crippen MR) is 150 cm³/mol. The first-order chi connectivity index (χ1) is 18.4. The van der Waals surface area contributed by atoms with Gasteiger partial charge < -0.3 is 25.0 Å². The van der Waals surface area contributed by atoms with Crippen molar-refractivity contribution in [3.8, 4) is 0 Å². The summed E-state index contributed by atoms with van der Waals surface area (Å²) in [4.78, 5) is 23.9. The van der Waals surface area contributed by atoms with Crippen molar-refractivity contribution in [3.63, 3.8) is 0 Å². The van der Waals surface area contributed by atoms with Gasteiger partial charge in [0.15, 0.2) is 0 Å². The van der Waals surface area contributed by atoms with Crippen LogP contribution in [0.5, 0.6) is 0 Å². The molecule has 38 heavy (non-hydrogen) atoms. The summed E-state index contributed by atoms with van der Waals surface area (Å²) in [5.41, 5.74) is 1.16. The van der Waals surface area contributed by atoms with Gasteiger partial charge in [-0.2, -0.15) is 0 Å². The average molecular weight is 550 g/mol. The maximum atomic E-state index is 12.3. The van der Waals surface area contributed by atoms with Crippen LogP contribution < -0.4 is 5.32 Å². The van der Waals surface area contributed by atoms with E-state index in [-0.39, 0.29) is 24.3 Å². The zero-order chi connectivity index (χ0) is 27.6. The highest BCUT2D eigenvalue weighted by Gasteiger charge is 2.43. The number of nitrogens with one attached hydrogen (secondary N) is 1. The molecule has 2 rings (SSSR count). The fourth-order valence-corrected chi connectivity index (χ4v) is 4.86. The van der Waals surface area contributed by atoms with E-state index in [1.165, 1.54) is 0 Å². The third-order valence-corrected chi connectivity index (χ3v) is 7.01. The molecule has 0 radical (unpaired) electrons. The molecule has 0 heterocycles. The molecule has 212 valence electrons. The maximum Gasteiger partial charge on any atom is 0.508 e. The van der Waals surface area contributed by atoms with Crippen LogP contribution in [0.1, 0.15) is 63.9 Å². The van der Waals surface area contributed by atoms with Gasteiger partial charge in [-0.3, -0.25) is 4.79 Å². The summed E-state index contributed by atoms with van der Waals surface area (Å²) in [6.45, 7) is 2.77. The molecule has 1 aliphatic carbocycles. The summed E-state index contributed by atoms with van der Waals surface area (Å²) in [7, 11) is 0. The third kappa shape index (κ3) is 12.5. The molecule has 0 spiro atoms. The molecule has 3 N–H and O–H groups in total. The van der Waals surface area contributed by atoms with E-state index in [2.05, 4.69) is 5.32 Å². The number of aliphatic hydroxyl groups excluding tert-OH is 2. The normalized spacial score (nSPS) is 22.1. The first-order valence-electron chi connectivity index (χ1n) is 13.8. The molecular formula is C30H44ClNO6. The van der Waals surface area contributed by atoms with Crippen molar-refractivity contribution in [2.45, 2.75) is 83.0 Å². The number of rotatable bonds is 17. The molecule has 8 heteroatoms. The number of carbonyl (C=O) groups excluding carboxylic acids is 2. The Morgan fingerprint density at radius 2 is 1.97 bits per heavy atom. The molecule has 0 saturated heterocycles. The van der Waals surface area contributed by atoms with Crippen molar-refractivity contribution in [1.29, 1.82) is 0 Å². The van der Waals surface area contributed by atoms with Crippen LogP contribution in [-0.4, -0.2) is 59.6 Å². The molecular weight excluding hydrogens is 506 g/mol. The van der Waals surface area contributed by atoms with Crippen molar-refractivity contribution in [3.05, 3.63) is 60.2 Å².